The van der Waals surface area contributed by atoms with Crippen LogP contribution in [0.4, 0.5) is 0 Å². The predicted molar refractivity (Wildman–Crippen MR) is 90.0 cm³/mol. The van der Waals surface area contributed by atoms with E-state index in [1.54, 1.807) is 0 Å². The molecule has 0 aliphatic heterocycles. The maximum atomic E-state index is 2.75. The largest absolute Gasteiger partial charge is 0.323 e. The van der Waals surface area contributed by atoms with E-state index in [1.165, 1.54) is 43.2 Å². The highest BCUT2D eigenvalue weighted by molar-refractivity contribution is 5.20. The van der Waals surface area contributed by atoms with E-state index in [9.17, 15) is 0 Å². The Labute approximate surface area is 121 Å². The average Bonchev–Trinajstić information content (AvgIpc) is 2.42. The summed E-state index contributed by atoms with van der Waals surface area (Å²) in [5.41, 5.74) is 2.76. The first-order valence-electron chi connectivity index (χ1n) is 7.80. The van der Waals surface area contributed by atoms with Crippen molar-refractivity contribution >= 4 is 0 Å². The lowest BCUT2D eigenvalue weighted by atomic mass is 10.1. The summed E-state index contributed by atoms with van der Waals surface area (Å²) >= 11 is 0. The molecule has 0 aliphatic carbocycles. The molecule has 0 bridgehead atoms. The van der Waals surface area contributed by atoms with Crippen LogP contribution in [0.25, 0.3) is 0 Å². The number of benzene rings is 1. The van der Waals surface area contributed by atoms with Gasteiger partial charge in [0.2, 0.25) is 0 Å². The Bertz CT molecular complexity index is 247. The van der Waals surface area contributed by atoms with Gasteiger partial charge in [0, 0.05) is 0 Å². The molecule has 0 unspecified atom stereocenters. The Morgan fingerprint density at radius 2 is 1.21 bits per heavy atom. The van der Waals surface area contributed by atoms with Crippen molar-refractivity contribution in [3.63, 3.8) is 0 Å². The Morgan fingerprint density at radius 3 is 1.53 bits per heavy atom. The zero-order chi connectivity index (χ0) is 14.9. The average molecular weight is 265 g/mol. The molecule has 112 valence electrons. The molecule has 0 spiro atoms. The van der Waals surface area contributed by atoms with Gasteiger partial charge in [0.25, 0.3) is 0 Å². The normalized spacial score (nSPS) is 8.95. The highest BCUT2D eigenvalue weighted by Crippen LogP contribution is 2.02. The second kappa shape index (κ2) is 17.2. The molecule has 0 saturated carbocycles. The number of hydrogen-bond acceptors (Lipinski definition) is 1. The molecule has 1 aromatic carbocycles. The van der Waals surface area contributed by atoms with E-state index in [0.717, 1.165) is 6.42 Å². The predicted octanol–water partition coefficient (Wildman–Crippen LogP) is 5.37. The Balaban J connectivity index is 0. The summed E-state index contributed by atoms with van der Waals surface area (Å²) in [7, 11) is 3.75. The summed E-state index contributed by atoms with van der Waals surface area (Å²) < 4.78 is 0. The van der Waals surface area contributed by atoms with Crippen molar-refractivity contribution in [1.82, 2.24) is 5.32 Å². The summed E-state index contributed by atoms with van der Waals surface area (Å²) in [6, 6.07) is 8.66. The van der Waals surface area contributed by atoms with Crippen LogP contribution in [0, 0.1) is 6.92 Å². The Hall–Kier alpha value is -0.820. The van der Waals surface area contributed by atoms with E-state index in [2.05, 4.69) is 57.3 Å². The molecule has 19 heavy (non-hydrogen) atoms. The topological polar surface area (TPSA) is 12.0 Å². The fraction of sp³-hybridized carbons (Fsp3) is 0.667. The van der Waals surface area contributed by atoms with Gasteiger partial charge in [-0.3, -0.25) is 0 Å². The van der Waals surface area contributed by atoms with Gasteiger partial charge in [-0.15, -0.1) is 0 Å². The summed E-state index contributed by atoms with van der Waals surface area (Å²) in [5, 5.41) is 2.75. The zero-order valence-corrected chi connectivity index (χ0v) is 14.1. The third-order valence-corrected chi connectivity index (χ3v) is 2.74. The molecule has 0 aromatic heterocycles. The molecule has 1 aromatic rings. The van der Waals surface area contributed by atoms with E-state index < -0.39 is 0 Å². The van der Waals surface area contributed by atoms with Crippen LogP contribution in [0.1, 0.15) is 64.0 Å². The SMILES string of the molecule is CCCCCCC.CCc1ccc(C)cc1.CNC. The minimum Gasteiger partial charge on any atom is -0.323 e. The van der Waals surface area contributed by atoms with Crippen molar-refractivity contribution in [2.75, 3.05) is 14.1 Å². The van der Waals surface area contributed by atoms with E-state index in [0.29, 0.717) is 0 Å². The van der Waals surface area contributed by atoms with E-state index in [-0.39, 0.29) is 0 Å². The van der Waals surface area contributed by atoms with Crippen LogP contribution < -0.4 is 5.32 Å². The van der Waals surface area contributed by atoms with Crippen LogP contribution in [-0.2, 0) is 6.42 Å². The van der Waals surface area contributed by atoms with Gasteiger partial charge in [0.05, 0.1) is 0 Å². The van der Waals surface area contributed by atoms with Crippen LogP contribution in [0.3, 0.4) is 0 Å². The van der Waals surface area contributed by atoms with Gasteiger partial charge < -0.3 is 5.32 Å². The quantitative estimate of drug-likeness (QED) is 0.706. The summed E-state index contributed by atoms with van der Waals surface area (Å²) in [4.78, 5) is 0. The second-order valence-electron chi connectivity index (χ2n) is 4.90. The van der Waals surface area contributed by atoms with Gasteiger partial charge in [0.15, 0.2) is 0 Å². The summed E-state index contributed by atoms with van der Waals surface area (Å²) in [5.74, 6) is 0. The van der Waals surface area contributed by atoms with Gasteiger partial charge in [-0.2, -0.15) is 0 Å². The van der Waals surface area contributed by atoms with Gasteiger partial charge in [-0.1, -0.05) is 82.7 Å². The van der Waals surface area contributed by atoms with Crippen LogP contribution in [0.15, 0.2) is 24.3 Å². The molecule has 0 amide bonds. The summed E-state index contributed by atoms with van der Waals surface area (Å²) in [6.45, 7) is 8.77. The van der Waals surface area contributed by atoms with E-state index >= 15 is 0 Å². The lowest BCUT2D eigenvalue weighted by Gasteiger charge is -1.94. The molecule has 0 radical (unpaired) electrons. The molecule has 0 atom stereocenters. The maximum absolute atomic E-state index is 2.75. The number of hydrogen-bond donors (Lipinski definition) is 1. The lowest BCUT2D eigenvalue weighted by molar-refractivity contribution is 0.656. The minimum absolute atomic E-state index is 1.14. The van der Waals surface area contributed by atoms with E-state index in [4.69, 9.17) is 0 Å². The van der Waals surface area contributed by atoms with Crippen molar-refractivity contribution in [2.24, 2.45) is 0 Å². The molecule has 0 saturated heterocycles. The fourth-order valence-corrected chi connectivity index (χ4v) is 1.50. The first kappa shape index (κ1) is 20.5. The molecular formula is C18H35N. The summed E-state index contributed by atoms with van der Waals surface area (Å²) in [6.07, 6.45) is 8.15. The third kappa shape index (κ3) is 17.2. The van der Waals surface area contributed by atoms with E-state index in [1.807, 2.05) is 14.1 Å². The van der Waals surface area contributed by atoms with Crippen molar-refractivity contribution in [1.29, 1.82) is 0 Å². The van der Waals surface area contributed by atoms with Gasteiger partial charge in [-0.25, -0.2) is 0 Å². The molecule has 1 N–H and O–H groups in total. The molecule has 0 aliphatic rings. The zero-order valence-electron chi connectivity index (χ0n) is 14.1. The molecule has 1 rings (SSSR count). The first-order valence-corrected chi connectivity index (χ1v) is 7.80. The highest BCUT2D eigenvalue weighted by Gasteiger charge is 1.84. The second-order valence-corrected chi connectivity index (χ2v) is 4.90. The van der Waals surface area contributed by atoms with Crippen LogP contribution >= 0.6 is 0 Å². The number of nitrogens with one attached hydrogen (secondary N) is 1. The molecule has 0 fully saturated rings. The van der Waals surface area contributed by atoms with Crippen molar-refractivity contribution < 1.29 is 0 Å². The van der Waals surface area contributed by atoms with Crippen LogP contribution in [0.5, 0.6) is 0 Å². The molecular weight excluding hydrogens is 230 g/mol. The lowest BCUT2D eigenvalue weighted by Crippen LogP contribution is -1.89. The fourth-order valence-electron chi connectivity index (χ4n) is 1.50. The monoisotopic (exact) mass is 265 g/mol. The van der Waals surface area contributed by atoms with Gasteiger partial charge in [-0.05, 0) is 33.0 Å². The van der Waals surface area contributed by atoms with Crippen molar-refractivity contribution in [2.45, 2.75) is 66.2 Å². The number of rotatable bonds is 5. The van der Waals surface area contributed by atoms with Crippen molar-refractivity contribution in [3.8, 4) is 0 Å². The smallest absolute Gasteiger partial charge is 0.0167 e. The Morgan fingerprint density at radius 1 is 0.789 bits per heavy atom. The number of unbranched alkanes of at least 4 members (excludes halogenated alkanes) is 4. The number of aryl methyl sites for hydroxylation is 2. The van der Waals surface area contributed by atoms with Crippen molar-refractivity contribution in [3.05, 3.63) is 35.4 Å². The molecule has 1 heteroatoms. The van der Waals surface area contributed by atoms with Crippen LogP contribution in [0.2, 0.25) is 0 Å². The first-order chi connectivity index (χ1) is 9.15. The highest BCUT2D eigenvalue weighted by atomic mass is 14.7. The minimum atomic E-state index is 1.14. The maximum Gasteiger partial charge on any atom is -0.0167 e. The van der Waals surface area contributed by atoms with Gasteiger partial charge in [0.1, 0.15) is 0 Å². The van der Waals surface area contributed by atoms with Crippen LogP contribution in [-0.4, -0.2) is 14.1 Å². The molecule has 1 nitrogen and oxygen atoms in total. The Kier molecular flexibility index (Phi) is 18.5. The molecule has 0 heterocycles. The van der Waals surface area contributed by atoms with Gasteiger partial charge >= 0.3 is 0 Å². The standard InChI is InChI=1S/C9H12.C7H16.C2H7N/c1-3-9-6-4-8(2)5-7-9;1-3-5-7-6-4-2;1-3-2/h4-7H,3H2,1-2H3;3-7H2,1-2H3;3H,1-2H3. The third-order valence-electron chi connectivity index (χ3n) is 2.74.